The average molecular weight is 244 g/mol. The van der Waals surface area contributed by atoms with E-state index in [1.807, 2.05) is 0 Å². The lowest BCUT2D eigenvalue weighted by Gasteiger charge is -2.18. The molecular formula is C11H20N2O4. The number of amides is 2. The van der Waals surface area contributed by atoms with Gasteiger partial charge in [-0.3, -0.25) is 0 Å². The fourth-order valence-electron chi connectivity index (χ4n) is 1.66. The quantitative estimate of drug-likeness (QED) is 0.540. The van der Waals surface area contributed by atoms with Gasteiger partial charge >= 0.3 is 12.0 Å². The molecule has 1 aliphatic rings. The second-order valence-corrected chi connectivity index (χ2v) is 4.80. The molecule has 98 valence electrons. The molecule has 1 aliphatic carbocycles. The Hall–Kier alpha value is -1.30. The Labute approximate surface area is 100 Å². The van der Waals surface area contributed by atoms with E-state index in [1.54, 1.807) is 0 Å². The van der Waals surface area contributed by atoms with Crippen molar-refractivity contribution in [1.29, 1.82) is 0 Å². The topological polar surface area (TPSA) is 98.7 Å². The fourth-order valence-corrected chi connectivity index (χ4v) is 1.66. The minimum absolute atomic E-state index is 0.199. The van der Waals surface area contributed by atoms with Crippen LogP contribution in [0.3, 0.4) is 0 Å². The van der Waals surface area contributed by atoms with Crippen LogP contribution in [0, 0.1) is 5.92 Å². The monoisotopic (exact) mass is 244 g/mol. The first-order valence-electron chi connectivity index (χ1n) is 5.87. The van der Waals surface area contributed by atoms with E-state index in [0.717, 1.165) is 26.2 Å². The molecule has 0 aliphatic heterocycles. The number of aliphatic carboxylic acids is 1. The molecule has 0 aromatic carbocycles. The second kappa shape index (κ2) is 5.35. The molecule has 0 saturated heterocycles. The van der Waals surface area contributed by atoms with Gasteiger partial charge in [0.1, 0.15) is 0 Å². The highest BCUT2D eigenvalue weighted by atomic mass is 16.4. The van der Waals surface area contributed by atoms with Gasteiger partial charge in [-0.05, 0) is 25.7 Å². The summed E-state index contributed by atoms with van der Waals surface area (Å²) in [5.41, 5.74) is -1.93. The molecule has 2 amide bonds. The van der Waals surface area contributed by atoms with Gasteiger partial charge in [-0.2, -0.15) is 0 Å². The summed E-state index contributed by atoms with van der Waals surface area (Å²) in [5.74, 6) is -0.807. The number of urea groups is 1. The van der Waals surface area contributed by atoms with Crippen molar-refractivity contribution >= 4 is 12.0 Å². The van der Waals surface area contributed by atoms with Crippen LogP contribution < -0.4 is 10.6 Å². The van der Waals surface area contributed by atoms with Gasteiger partial charge in [0.05, 0.1) is 6.54 Å². The lowest BCUT2D eigenvalue weighted by Crippen LogP contribution is -2.49. The number of nitrogens with one attached hydrogen (secondary N) is 2. The largest absolute Gasteiger partial charge is 0.479 e. The van der Waals surface area contributed by atoms with E-state index >= 15 is 0 Å². The Bertz CT molecular complexity index is 304. The minimum Gasteiger partial charge on any atom is -0.479 e. The van der Waals surface area contributed by atoms with Gasteiger partial charge < -0.3 is 20.8 Å². The van der Waals surface area contributed by atoms with E-state index in [9.17, 15) is 14.7 Å². The van der Waals surface area contributed by atoms with Crippen LogP contribution in [0.2, 0.25) is 0 Å². The number of aliphatic hydroxyl groups is 1. The second-order valence-electron chi connectivity index (χ2n) is 4.80. The highest BCUT2D eigenvalue weighted by Crippen LogP contribution is 2.34. The Morgan fingerprint density at radius 2 is 2.12 bits per heavy atom. The normalized spacial score (nSPS) is 25.8. The van der Waals surface area contributed by atoms with Crippen molar-refractivity contribution in [3.63, 3.8) is 0 Å². The van der Waals surface area contributed by atoms with Crippen molar-refractivity contribution in [2.24, 2.45) is 5.92 Å². The van der Waals surface area contributed by atoms with Crippen LogP contribution in [0.5, 0.6) is 0 Å². The molecule has 1 saturated carbocycles. The molecule has 0 radical (unpaired) electrons. The van der Waals surface area contributed by atoms with E-state index < -0.39 is 17.6 Å². The summed E-state index contributed by atoms with van der Waals surface area (Å²) < 4.78 is 0. The van der Waals surface area contributed by atoms with E-state index in [0.29, 0.717) is 5.92 Å². The summed E-state index contributed by atoms with van der Waals surface area (Å²) in [4.78, 5) is 22.0. The van der Waals surface area contributed by atoms with Crippen molar-refractivity contribution in [3.05, 3.63) is 0 Å². The predicted molar refractivity (Wildman–Crippen MR) is 61.6 cm³/mol. The molecule has 0 spiro atoms. The van der Waals surface area contributed by atoms with E-state index in [1.165, 1.54) is 0 Å². The molecule has 0 heterocycles. The number of carboxylic acid groups (broad SMARTS) is 1. The lowest BCUT2D eigenvalue weighted by atomic mass is 10.1. The Balaban J connectivity index is 2.21. The summed E-state index contributed by atoms with van der Waals surface area (Å²) >= 11 is 0. The van der Waals surface area contributed by atoms with Crippen molar-refractivity contribution in [2.45, 2.75) is 44.8 Å². The van der Waals surface area contributed by atoms with Crippen molar-refractivity contribution in [2.75, 3.05) is 6.54 Å². The first-order valence-corrected chi connectivity index (χ1v) is 5.87. The van der Waals surface area contributed by atoms with E-state index in [-0.39, 0.29) is 12.6 Å². The van der Waals surface area contributed by atoms with Gasteiger partial charge in [0.15, 0.2) is 5.60 Å². The van der Waals surface area contributed by atoms with Crippen LogP contribution in [0.25, 0.3) is 0 Å². The number of hydrogen-bond donors (Lipinski definition) is 4. The SMILES string of the molecule is CCCC1CC1NC(=O)NCC(C)(O)C(=O)O. The van der Waals surface area contributed by atoms with Crippen molar-refractivity contribution < 1.29 is 19.8 Å². The minimum atomic E-state index is -1.93. The number of carbonyl (C=O) groups excluding carboxylic acids is 1. The molecular weight excluding hydrogens is 224 g/mol. The molecule has 0 bridgehead atoms. The van der Waals surface area contributed by atoms with Crippen LogP contribution in [-0.4, -0.2) is 40.4 Å². The summed E-state index contributed by atoms with van der Waals surface area (Å²) in [6.45, 7) is 2.94. The molecule has 4 N–H and O–H groups in total. The number of hydrogen-bond acceptors (Lipinski definition) is 3. The van der Waals surface area contributed by atoms with Crippen LogP contribution in [-0.2, 0) is 4.79 Å². The molecule has 6 heteroatoms. The first kappa shape index (κ1) is 13.8. The molecule has 1 fully saturated rings. The van der Waals surface area contributed by atoms with E-state index in [4.69, 9.17) is 5.11 Å². The highest BCUT2D eigenvalue weighted by molar-refractivity contribution is 5.79. The summed E-state index contributed by atoms with van der Waals surface area (Å²) in [6.07, 6.45) is 3.17. The maximum Gasteiger partial charge on any atom is 0.337 e. The molecule has 0 aromatic heterocycles. The molecule has 6 nitrogen and oxygen atoms in total. The third-order valence-corrected chi connectivity index (χ3v) is 2.95. The van der Waals surface area contributed by atoms with Crippen LogP contribution in [0.1, 0.15) is 33.1 Å². The zero-order valence-corrected chi connectivity index (χ0v) is 10.2. The Morgan fingerprint density at radius 1 is 1.47 bits per heavy atom. The predicted octanol–water partition coefficient (Wildman–Crippen LogP) is 0.310. The molecule has 1 rings (SSSR count). The maximum atomic E-state index is 11.4. The van der Waals surface area contributed by atoms with Crippen molar-refractivity contribution in [3.8, 4) is 0 Å². The zero-order valence-electron chi connectivity index (χ0n) is 10.2. The molecule has 3 unspecified atom stereocenters. The fraction of sp³-hybridized carbons (Fsp3) is 0.818. The molecule has 17 heavy (non-hydrogen) atoms. The highest BCUT2D eigenvalue weighted by Gasteiger charge is 2.37. The van der Waals surface area contributed by atoms with Gasteiger partial charge in [0.25, 0.3) is 0 Å². The third kappa shape index (κ3) is 4.22. The van der Waals surface area contributed by atoms with E-state index in [2.05, 4.69) is 17.6 Å². The van der Waals surface area contributed by atoms with Gasteiger partial charge in [-0.1, -0.05) is 13.3 Å². The summed E-state index contributed by atoms with van der Waals surface area (Å²) in [7, 11) is 0. The average Bonchev–Trinajstić information content (AvgIpc) is 2.94. The third-order valence-electron chi connectivity index (χ3n) is 2.95. The smallest absolute Gasteiger partial charge is 0.337 e. The Kier molecular flexibility index (Phi) is 4.34. The first-order chi connectivity index (χ1) is 7.86. The molecule has 3 atom stereocenters. The van der Waals surface area contributed by atoms with Gasteiger partial charge in [0, 0.05) is 6.04 Å². The number of rotatable bonds is 6. The van der Waals surface area contributed by atoms with Gasteiger partial charge in [-0.25, -0.2) is 9.59 Å². The number of carboxylic acids is 1. The van der Waals surface area contributed by atoms with Crippen LogP contribution >= 0.6 is 0 Å². The summed E-state index contributed by atoms with van der Waals surface area (Å²) in [5, 5.41) is 23.1. The summed E-state index contributed by atoms with van der Waals surface area (Å²) in [6, 6.07) is -0.222. The standard InChI is InChI=1S/C11H20N2O4/c1-3-4-7-5-8(7)13-10(16)12-6-11(2,17)9(14)15/h7-8,17H,3-6H2,1-2H3,(H,14,15)(H2,12,13,16). The number of carbonyl (C=O) groups is 2. The molecule has 0 aromatic rings. The van der Waals surface area contributed by atoms with Gasteiger partial charge in [-0.15, -0.1) is 0 Å². The zero-order chi connectivity index (χ0) is 13.1. The van der Waals surface area contributed by atoms with Crippen LogP contribution in [0.15, 0.2) is 0 Å². The van der Waals surface area contributed by atoms with Crippen molar-refractivity contribution in [1.82, 2.24) is 10.6 Å². The van der Waals surface area contributed by atoms with Crippen LogP contribution in [0.4, 0.5) is 4.79 Å². The Morgan fingerprint density at radius 3 is 2.65 bits per heavy atom. The maximum absolute atomic E-state index is 11.4. The van der Waals surface area contributed by atoms with Gasteiger partial charge in [0.2, 0.25) is 0 Å². The lowest BCUT2D eigenvalue weighted by molar-refractivity contribution is -0.155.